The molecule has 0 unspecified atom stereocenters. The summed E-state index contributed by atoms with van der Waals surface area (Å²) >= 11 is 0. The van der Waals surface area contributed by atoms with Crippen LogP contribution in [0.2, 0.25) is 0 Å². The molecule has 0 aliphatic carbocycles. The van der Waals surface area contributed by atoms with Gasteiger partial charge >= 0.3 is 5.97 Å². The SMILES string of the molecule is C=C(C)C(=O)OCCCCCCOc1ccc(N=Nc2ccc(-c3ccc(OCCCCCC)cc3)cc2)cc1. The van der Waals surface area contributed by atoms with Crippen LogP contribution in [-0.2, 0) is 9.53 Å². The van der Waals surface area contributed by atoms with Gasteiger partial charge in [0, 0.05) is 5.57 Å². The van der Waals surface area contributed by atoms with Crippen molar-refractivity contribution >= 4 is 17.3 Å². The lowest BCUT2D eigenvalue weighted by molar-refractivity contribution is -0.139. The number of carbonyl (C=O) groups is 1. The van der Waals surface area contributed by atoms with E-state index in [0.717, 1.165) is 72.7 Å². The van der Waals surface area contributed by atoms with E-state index in [1.807, 2.05) is 48.5 Å². The molecule has 3 aromatic rings. The summed E-state index contributed by atoms with van der Waals surface area (Å²) < 4.78 is 16.8. The molecule has 3 rings (SSSR count). The monoisotopic (exact) mass is 542 g/mol. The van der Waals surface area contributed by atoms with Crippen LogP contribution in [-0.4, -0.2) is 25.8 Å². The number of hydrogen-bond acceptors (Lipinski definition) is 6. The summed E-state index contributed by atoms with van der Waals surface area (Å²) in [6.45, 7) is 9.30. The van der Waals surface area contributed by atoms with Crippen LogP contribution in [0.3, 0.4) is 0 Å². The van der Waals surface area contributed by atoms with Crippen molar-refractivity contribution < 1.29 is 19.0 Å². The lowest BCUT2D eigenvalue weighted by Crippen LogP contribution is -2.06. The molecule has 0 saturated heterocycles. The largest absolute Gasteiger partial charge is 0.494 e. The average Bonchev–Trinajstić information content (AvgIpc) is 2.98. The molecule has 0 amide bonds. The van der Waals surface area contributed by atoms with Crippen LogP contribution in [0.25, 0.3) is 11.1 Å². The van der Waals surface area contributed by atoms with E-state index in [0.29, 0.717) is 18.8 Å². The molecule has 0 spiro atoms. The summed E-state index contributed by atoms with van der Waals surface area (Å²) in [7, 11) is 0. The number of azo groups is 1. The first-order chi connectivity index (χ1) is 19.5. The van der Waals surface area contributed by atoms with Crippen molar-refractivity contribution in [3.8, 4) is 22.6 Å². The first-order valence-corrected chi connectivity index (χ1v) is 14.4. The fourth-order valence-electron chi connectivity index (χ4n) is 3.94. The number of carbonyl (C=O) groups excluding carboxylic acids is 1. The van der Waals surface area contributed by atoms with Gasteiger partial charge in [-0.1, -0.05) is 57.0 Å². The Hall–Kier alpha value is -3.93. The Kier molecular flexibility index (Phi) is 13.5. The highest BCUT2D eigenvalue weighted by atomic mass is 16.5. The highest BCUT2D eigenvalue weighted by Gasteiger charge is 2.03. The third-order valence-corrected chi connectivity index (χ3v) is 6.33. The minimum atomic E-state index is -0.319. The number of esters is 1. The zero-order valence-corrected chi connectivity index (χ0v) is 23.9. The van der Waals surface area contributed by atoms with Crippen LogP contribution in [0.1, 0.15) is 65.2 Å². The van der Waals surface area contributed by atoms with Crippen molar-refractivity contribution in [2.75, 3.05) is 19.8 Å². The summed E-state index contributed by atoms with van der Waals surface area (Å²) in [6.07, 6.45) is 8.64. The fraction of sp³-hybridized carbons (Fsp3) is 0.382. The summed E-state index contributed by atoms with van der Waals surface area (Å²) in [5, 5.41) is 8.72. The lowest BCUT2D eigenvalue weighted by atomic mass is 10.1. The quantitative estimate of drug-likeness (QED) is 0.0694. The molecular weight excluding hydrogens is 500 g/mol. The van der Waals surface area contributed by atoms with Crippen LogP contribution >= 0.6 is 0 Å². The third-order valence-electron chi connectivity index (χ3n) is 6.33. The second-order valence-corrected chi connectivity index (χ2v) is 9.85. The Bertz CT molecular complexity index is 1190. The molecule has 6 heteroatoms. The molecule has 6 nitrogen and oxygen atoms in total. The van der Waals surface area contributed by atoms with Gasteiger partial charge in [-0.05, 0) is 98.7 Å². The van der Waals surface area contributed by atoms with E-state index in [9.17, 15) is 4.79 Å². The Morgan fingerprint density at radius 3 is 1.55 bits per heavy atom. The number of ether oxygens (including phenoxy) is 3. The van der Waals surface area contributed by atoms with Crippen LogP contribution in [0.4, 0.5) is 11.4 Å². The molecule has 0 atom stereocenters. The average molecular weight is 543 g/mol. The van der Waals surface area contributed by atoms with E-state index in [2.05, 4.69) is 48.0 Å². The minimum absolute atomic E-state index is 0.319. The normalized spacial score (nSPS) is 10.9. The topological polar surface area (TPSA) is 69.5 Å². The molecule has 40 heavy (non-hydrogen) atoms. The Labute approximate surface area is 239 Å². The highest BCUT2D eigenvalue weighted by molar-refractivity contribution is 5.86. The fourth-order valence-corrected chi connectivity index (χ4v) is 3.94. The smallest absolute Gasteiger partial charge is 0.333 e. The first kappa shape index (κ1) is 30.6. The molecule has 0 aliphatic rings. The molecule has 0 fully saturated rings. The molecule has 0 radical (unpaired) electrons. The standard InChI is InChI=1S/C34H42N2O4/c1-4-5-6-9-24-38-32-20-14-29(15-21-32)28-12-16-30(17-13-28)35-36-31-18-22-33(23-19-31)39-25-10-7-8-11-26-40-34(37)27(2)3/h12-23H,2,4-11,24-26H2,1,3H3. The van der Waals surface area contributed by atoms with E-state index < -0.39 is 0 Å². The second-order valence-electron chi connectivity index (χ2n) is 9.85. The van der Waals surface area contributed by atoms with Gasteiger partial charge in [-0.25, -0.2) is 4.79 Å². The van der Waals surface area contributed by atoms with E-state index in [-0.39, 0.29) is 5.97 Å². The maximum absolute atomic E-state index is 11.3. The van der Waals surface area contributed by atoms with Gasteiger partial charge in [-0.15, -0.1) is 0 Å². The Morgan fingerprint density at radius 2 is 1.05 bits per heavy atom. The number of rotatable bonds is 18. The van der Waals surface area contributed by atoms with Gasteiger partial charge < -0.3 is 14.2 Å². The van der Waals surface area contributed by atoms with Gasteiger partial charge in [-0.2, -0.15) is 10.2 Å². The van der Waals surface area contributed by atoms with E-state index in [1.165, 1.54) is 19.3 Å². The van der Waals surface area contributed by atoms with Gasteiger partial charge in [0.15, 0.2) is 0 Å². The van der Waals surface area contributed by atoms with Crippen molar-refractivity contribution in [3.63, 3.8) is 0 Å². The molecule has 0 bridgehead atoms. The summed E-state index contributed by atoms with van der Waals surface area (Å²) in [4.78, 5) is 11.3. The first-order valence-electron chi connectivity index (χ1n) is 14.4. The molecule has 0 N–H and O–H groups in total. The molecule has 212 valence electrons. The van der Waals surface area contributed by atoms with Crippen molar-refractivity contribution in [1.82, 2.24) is 0 Å². The van der Waals surface area contributed by atoms with Crippen molar-refractivity contribution in [2.45, 2.75) is 65.2 Å². The maximum atomic E-state index is 11.3. The number of nitrogens with zero attached hydrogens (tertiary/aromatic N) is 2. The molecule has 0 aromatic heterocycles. The molecular formula is C34H42N2O4. The number of benzene rings is 3. The van der Waals surface area contributed by atoms with Gasteiger partial charge in [0.05, 0.1) is 31.2 Å². The van der Waals surface area contributed by atoms with Crippen LogP contribution in [0.15, 0.2) is 95.2 Å². The van der Waals surface area contributed by atoms with Gasteiger partial charge in [0.2, 0.25) is 0 Å². The lowest BCUT2D eigenvalue weighted by Gasteiger charge is -2.07. The second kappa shape index (κ2) is 17.6. The molecule has 3 aromatic carbocycles. The summed E-state index contributed by atoms with van der Waals surface area (Å²) in [5.74, 6) is 1.41. The van der Waals surface area contributed by atoms with Crippen molar-refractivity contribution in [3.05, 3.63) is 84.9 Å². The van der Waals surface area contributed by atoms with Gasteiger partial charge in [0.25, 0.3) is 0 Å². The number of unbranched alkanes of at least 4 members (excludes halogenated alkanes) is 6. The molecule has 0 aliphatic heterocycles. The van der Waals surface area contributed by atoms with Gasteiger partial charge in [0.1, 0.15) is 11.5 Å². The minimum Gasteiger partial charge on any atom is -0.494 e. The van der Waals surface area contributed by atoms with E-state index >= 15 is 0 Å². The van der Waals surface area contributed by atoms with Crippen molar-refractivity contribution in [1.29, 1.82) is 0 Å². The predicted octanol–water partition coefficient (Wildman–Crippen LogP) is 9.79. The Balaban J connectivity index is 1.35. The van der Waals surface area contributed by atoms with Crippen LogP contribution < -0.4 is 9.47 Å². The van der Waals surface area contributed by atoms with Crippen LogP contribution in [0.5, 0.6) is 11.5 Å². The molecule has 0 heterocycles. The van der Waals surface area contributed by atoms with Gasteiger partial charge in [-0.3, -0.25) is 0 Å². The maximum Gasteiger partial charge on any atom is 0.333 e. The van der Waals surface area contributed by atoms with E-state index in [4.69, 9.17) is 14.2 Å². The third kappa shape index (κ3) is 11.4. The van der Waals surface area contributed by atoms with Crippen molar-refractivity contribution in [2.24, 2.45) is 10.2 Å². The zero-order chi connectivity index (χ0) is 28.4. The highest BCUT2D eigenvalue weighted by Crippen LogP contribution is 2.26. The zero-order valence-electron chi connectivity index (χ0n) is 23.9. The molecule has 0 saturated carbocycles. The summed E-state index contributed by atoms with van der Waals surface area (Å²) in [5.41, 5.74) is 4.27. The predicted molar refractivity (Wildman–Crippen MR) is 162 cm³/mol. The van der Waals surface area contributed by atoms with Crippen LogP contribution in [0, 0.1) is 0 Å². The Morgan fingerprint density at radius 1 is 0.625 bits per heavy atom. The van der Waals surface area contributed by atoms with E-state index in [1.54, 1.807) is 6.92 Å². The summed E-state index contributed by atoms with van der Waals surface area (Å²) in [6, 6.07) is 23.9. The number of hydrogen-bond donors (Lipinski definition) is 0.